The van der Waals surface area contributed by atoms with Crippen molar-refractivity contribution < 1.29 is 9.59 Å². The lowest BCUT2D eigenvalue weighted by Crippen LogP contribution is -2.21. The SMILES string of the molecule is C.CN(C)C(=N)c1ccc(C(=O)Cc2ccc(Cl)cc2C(=O)Nc2ccc(Cl)cc2)cc1. The Morgan fingerprint density at radius 1 is 0.875 bits per heavy atom. The van der Waals surface area contributed by atoms with E-state index < -0.39 is 0 Å². The number of ketones is 1. The Morgan fingerprint density at radius 3 is 2.03 bits per heavy atom. The second-order valence-corrected chi connectivity index (χ2v) is 8.06. The Balaban J connectivity index is 0.00000363. The topological polar surface area (TPSA) is 73.3 Å². The molecule has 0 aliphatic heterocycles. The summed E-state index contributed by atoms with van der Waals surface area (Å²) in [6.45, 7) is 0. The lowest BCUT2D eigenvalue weighted by Gasteiger charge is -2.14. The van der Waals surface area contributed by atoms with Crippen molar-refractivity contribution in [2.75, 3.05) is 19.4 Å². The van der Waals surface area contributed by atoms with Crippen molar-refractivity contribution in [2.45, 2.75) is 13.8 Å². The maximum atomic E-state index is 12.8. The molecule has 0 fully saturated rings. The fraction of sp³-hybridized carbons (Fsp3) is 0.160. The summed E-state index contributed by atoms with van der Waals surface area (Å²) in [5, 5.41) is 11.8. The maximum absolute atomic E-state index is 12.8. The molecule has 0 radical (unpaired) electrons. The second kappa shape index (κ2) is 10.9. The molecular formula is C25H25Cl2N3O2. The molecule has 0 atom stereocenters. The van der Waals surface area contributed by atoms with Crippen molar-refractivity contribution in [3.8, 4) is 0 Å². The first-order valence-electron chi connectivity index (χ1n) is 9.49. The molecule has 0 unspecified atom stereocenters. The van der Waals surface area contributed by atoms with Gasteiger partial charge in [0.15, 0.2) is 5.78 Å². The Morgan fingerprint density at radius 2 is 1.44 bits per heavy atom. The molecule has 2 N–H and O–H groups in total. The molecule has 1 amide bonds. The summed E-state index contributed by atoms with van der Waals surface area (Å²) >= 11 is 12.0. The van der Waals surface area contributed by atoms with Gasteiger partial charge in [0, 0.05) is 52.9 Å². The quantitative estimate of drug-likeness (QED) is 0.256. The molecular weight excluding hydrogens is 445 g/mol. The van der Waals surface area contributed by atoms with Crippen molar-refractivity contribution in [1.82, 2.24) is 4.90 Å². The summed E-state index contributed by atoms with van der Waals surface area (Å²) in [7, 11) is 3.58. The minimum atomic E-state index is -0.359. The third-order valence-corrected chi connectivity index (χ3v) is 5.18. The number of anilines is 1. The first-order valence-corrected chi connectivity index (χ1v) is 10.2. The van der Waals surface area contributed by atoms with Gasteiger partial charge in [-0.05, 0) is 42.0 Å². The number of amides is 1. The fourth-order valence-corrected chi connectivity index (χ4v) is 3.29. The average molecular weight is 470 g/mol. The van der Waals surface area contributed by atoms with E-state index in [-0.39, 0.29) is 25.5 Å². The monoisotopic (exact) mass is 469 g/mol. The molecule has 7 heteroatoms. The van der Waals surface area contributed by atoms with Crippen LogP contribution in [0.1, 0.15) is 39.3 Å². The van der Waals surface area contributed by atoms with Crippen molar-refractivity contribution in [3.05, 3.63) is 99.0 Å². The molecule has 0 aromatic heterocycles. The van der Waals surface area contributed by atoms with Crippen LogP contribution in [0.3, 0.4) is 0 Å². The normalized spacial score (nSPS) is 10.1. The highest BCUT2D eigenvalue weighted by Gasteiger charge is 2.17. The van der Waals surface area contributed by atoms with Crippen LogP contribution in [-0.4, -0.2) is 36.5 Å². The van der Waals surface area contributed by atoms with E-state index in [0.717, 1.165) is 5.56 Å². The molecule has 0 saturated heterocycles. The lowest BCUT2D eigenvalue weighted by molar-refractivity contribution is 0.0992. The summed E-state index contributed by atoms with van der Waals surface area (Å²) in [6, 6.07) is 18.5. The molecule has 0 saturated carbocycles. The van der Waals surface area contributed by atoms with Gasteiger partial charge in [-0.15, -0.1) is 0 Å². The van der Waals surface area contributed by atoms with Gasteiger partial charge in [-0.25, -0.2) is 0 Å². The fourth-order valence-electron chi connectivity index (χ4n) is 2.99. The molecule has 0 aliphatic carbocycles. The summed E-state index contributed by atoms with van der Waals surface area (Å²) < 4.78 is 0. The molecule has 0 aliphatic rings. The Bertz CT molecular complexity index is 1120. The number of carbonyl (C=O) groups is 2. The molecule has 0 heterocycles. The first-order chi connectivity index (χ1) is 14.7. The molecule has 3 aromatic carbocycles. The molecule has 166 valence electrons. The first kappa shape index (κ1) is 25.1. The number of nitrogens with zero attached hydrogens (tertiary/aromatic N) is 1. The minimum Gasteiger partial charge on any atom is -0.363 e. The van der Waals surface area contributed by atoms with Gasteiger partial charge < -0.3 is 10.2 Å². The van der Waals surface area contributed by atoms with Gasteiger partial charge >= 0.3 is 0 Å². The minimum absolute atomic E-state index is 0. The number of rotatable bonds is 6. The van der Waals surface area contributed by atoms with E-state index in [1.54, 1.807) is 85.7 Å². The van der Waals surface area contributed by atoms with Crippen LogP contribution in [0.5, 0.6) is 0 Å². The van der Waals surface area contributed by atoms with Crippen LogP contribution >= 0.6 is 23.2 Å². The third-order valence-electron chi connectivity index (χ3n) is 4.70. The van der Waals surface area contributed by atoms with Crippen molar-refractivity contribution in [3.63, 3.8) is 0 Å². The average Bonchev–Trinajstić information content (AvgIpc) is 2.76. The van der Waals surface area contributed by atoms with Crippen molar-refractivity contribution in [2.24, 2.45) is 0 Å². The molecule has 32 heavy (non-hydrogen) atoms. The predicted molar refractivity (Wildman–Crippen MR) is 133 cm³/mol. The van der Waals surface area contributed by atoms with E-state index in [1.807, 2.05) is 0 Å². The molecule has 3 rings (SSSR count). The van der Waals surface area contributed by atoms with E-state index in [0.29, 0.717) is 38.3 Å². The highest BCUT2D eigenvalue weighted by molar-refractivity contribution is 6.31. The van der Waals surface area contributed by atoms with Gasteiger partial charge in [0.25, 0.3) is 5.91 Å². The van der Waals surface area contributed by atoms with Crippen LogP contribution in [0.4, 0.5) is 5.69 Å². The number of nitrogens with one attached hydrogen (secondary N) is 2. The zero-order chi connectivity index (χ0) is 22.5. The number of carbonyl (C=O) groups excluding carboxylic acids is 2. The van der Waals surface area contributed by atoms with Crippen molar-refractivity contribution in [1.29, 1.82) is 5.41 Å². The van der Waals surface area contributed by atoms with Crippen LogP contribution in [0, 0.1) is 5.41 Å². The lowest BCUT2D eigenvalue weighted by atomic mass is 9.97. The highest BCUT2D eigenvalue weighted by Crippen LogP contribution is 2.21. The number of benzene rings is 3. The van der Waals surface area contributed by atoms with Crippen LogP contribution in [0.25, 0.3) is 0 Å². The number of hydrogen-bond donors (Lipinski definition) is 2. The standard InChI is InChI=1S/C24H21Cl2N3O2.CH4/c1-29(2)23(27)16-5-3-15(4-6-16)22(30)13-17-7-8-19(26)14-21(17)24(31)28-20-11-9-18(25)10-12-20;/h3-12,14,27H,13H2,1-2H3,(H,28,31);1H4. The van der Waals surface area contributed by atoms with E-state index in [4.69, 9.17) is 28.6 Å². The van der Waals surface area contributed by atoms with Gasteiger partial charge in [-0.1, -0.05) is 61.0 Å². The Hall–Kier alpha value is -3.15. The maximum Gasteiger partial charge on any atom is 0.256 e. The van der Waals surface area contributed by atoms with E-state index >= 15 is 0 Å². The van der Waals surface area contributed by atoms with Crippen LogP contribution in [-0.2, 0) is 6.42 Å². The van der Waals surface area contributed by atoms with E-state index in [9.17, 15) is 9.59 Å². The summed E-state index contributed by atoms with van der Waals surface area (Å²) in [5.41, 5.74) is 2.73. The largest absolute Gasteiger partial charge is 0.363 e. The summed E-state index contributed by atoms with van der Waals surface area (Å²) in [5.74, 6) is -0.133. The number of hydrogen-bond acceptors (Lipinski definition) is 3. The number of halogens is 2. The Kier molecular flexibility index (Phi) is 8.58. The number of amidine groups is 1. The van der Waals surface area contributed by atoms with Gasteiger partial charge in [0.1, 0.15) is 5.84 Å². The summed E-state index contributed by atoms with van der Waals surface area (Å²) in [6.07, 6.45) is 0.0466. The molecule has 5 nitrogen and oxygen atoms in total. The molecule has 0 bridgehead atoms. The van der Waals surface area contributed by atoms with Gasteiger partial charge in [-0.3, -0.25) is 15.0 Å². The molecule has 0 spiro atoms. The van der Waals surface area contributed by atoms with Gasteiger partial charge in [-0.2, -0.15) is 0 Å². The zero-order valence-electron chi connectivity index (χ0n) is 17.1. The smallest absolute Gasteiger partial charge is 0.256 e. The third kappa shape index (κ3) is 6.19. The van der Waals surface area contributed by atoms with E-state index in [2.05, 4.69) is 5.32 Å². The van der Waals surface area contributed by atoms with Crippen LogP contribution < -0.4 is 5.32 Å². The second-order valence-electron chi connectivity index (χ2n) is 7.18. The van der Waals surface area contributed by atoms with Crippen molar-refractivity contribution >= 4 is 46.4 Å². The highest BCUT2D eigenvalue weighted by atomic mass is 35.5. The van der Waals surface area contributed by atoms with Crippen LogP contribution in [0.15, 0.2) is 66.7 Å². The number of Topliss-reactive ketones (excluding diaryl/α,β-unsaturated/α-hetero) is 1. The Labute approximate surface area is 198 Å². The van der Waals surface area contributed by atoms with Gasteiger partial charge in [0.05, 0.1) is 0 Å². The predicted octanol–water partition coefficient (Wildman–Crippen LogP) is 6.19. The van der Waals surface area contributed by atoms with E-state index in [1.165, 1.54) is 0 Å². The summed E-state index contributed by atoms with van der Waals surface area (Å²) in [4.78, 5) is 27.4. The molecule has 3 aromatic rings. The van der Waals surface area contributed by atoms with Gasteiger partial charge in [0.2, 0.25) is 0 Å². The van der Waals surface area contributed by atoms with Crippen LogP contribution in [0.2, 0.25) is 10.0 Å². The zero-order valence-corrected chi connectivity index (χ0v) is 18.6.